The number of hydrogen-bond donors (Lipinski definition) is 2. The van der Waals surface area contributed by atoms with Crippen LogP contribution in [0.2, 0.25) is 0 Å². The lowest BCUT2D eigenvalue weighted by molar-refractivity contribution is -0.119. The van der Waals surface area contributed by atoms with E-state index in [9.17, 15) is 4.79 Å². The van der Waals surface area contributed by atoms with Gasteiger partial charge in [0.1, 0.15) is 0 Å². The lowest BCUT2D eigenvalue weighted by Crippen LogP contribution is -2.35. The molecule has 2 N–H and O–H groups in total. The summed E-state index contributed by atoms with van der Waals surface area (Å²) in [5, 5.41) is 6.20. The highest BCUT2D eigenvalue weighted by Crippen LogP contribution is 2.11. The summed E-state index contributed by atoms with van der Waals surface area (Å²) in [5.74, 6) is 0.816. The normalized spacial score (nSPS) is 33.7. The molecule has 2 unspecified atom stereocenters. The molecule has 2 fully saturated rings. The molecule has 0 radical (unpaired) electrons. The van der Waals surface area contributed by atoms with Crippen molar-refractivity contribution in [1.29, 1.82) is 0 Å². The highest BCUT2D eigenvalue weighted by Gasteiger charge is 2.22. The zero-order valence-electron chi connectivity index (χ0n) is 7.71. The van der Waals surface area contributed by atoms with Gasteiger partial charge in [-0.3, -0.25) is 4.79 Å². The Kier molecular flexibility index (Phi) is 2.80. The summed E-state index contributed by atoms with van der Waals surface area (Å²) in [5.41, 5.74) is 0. The molecule has 2 atom stereocenters. The lowest BCUT2D eigenvalue weighted by atomic mass is 10.1. The SMILES string of the molecule is O=C1CC(NCC2CCOC2)CN1. The number of amides is 1. The van der Waals surface area contributed by atoms with Gasteiger partial charge in [-0.2, -0.15) is 0 Å². The van der Waals surface area contributed by atoms with Gasteiger partial charge in [-0.25, -0.2) is 0 Å². The number of ether oxygens (including phenoxy) is 1. The maximum Gasteiger partial charge on any atom is 0.221 e. The Morgan fingerprint density at radius 1 is 1.62 bits per heavy atom. The van der Waals surface area contributed by atoms with Crippen molar-refractivity contribution in [3.05, 3.63) is 0 Å². The third kappa shape index (κ3) is 2.42. The van der Waals surface area contributed by atoms with Crippen LogP contribution in [0.3, 0.4) is 0 Å². The Labute approximate surface area is 78.0 Å². The predicted molar refractivity (Wildman–Crippen MR) is 48.3 cm³/mol. The van der Waals surface area contributed by atoms with Crippen molar-refractivity contribution >= 4 is 5.91 Å². The first kappa shape index (κ1) is 8.97. The van der Waals surface area contributed by atoms with Crippen molar-refractivity contribution in [2.24, 2.45) is 5.92 Å². The van der Waals surface area contributed by atoms with E-state index < -0.39 is 0 Å². The molecule has 0 spiro atoms. The number of carbonyl (C=O) groups is 1. The minimum absolute atomic E-state index is 0.167. The van der Waals surface area contributed by atoms with E-state index in [0.29, 0.717) is 18.4 Å². The zero-order chi connectivity index (χ0) is 9.10. The molecule has 2 rings (SSSR count). The molecule has 0 saturated carbocycles. The first-order valence-electron chi connectivity index (χ1n) is 4.92. The van der Waals surface area contributed by atoms with E-state index in [2.05, 4.69) is 10.6 Å². The minimum atomic E-state index is 0.167. The van der Waals surface area contributed by atoms with Crippen molar-refractivity contribution in [1.82, 2.24) is 10.6 Å². The molecule has 1 amide bonds. The van der Waals surface area contributed by atoms with E-state index in [4.69, 9.17) is 4.74 Å². The molecule has 0 aromatic rings. The molecule has 13 heavy (non-hydrogen) atoms. The highest BCUT2D eigenvalue weighted by atomic mass is 16.5. The maximum atomic E-state index is 10.9. The van der Waals surface area contributed by atoms with Crippen LogP contribution in [-0.2, 0) is 9.53 Å². The van der Waals surface area contributed by atoms with E-state index in [1.165, 1.54) is 0 Å². The van der Waals surface area contributed by atoms with Gasteiger partial charge in [0.15, 0.2) is 0 Å². The maximum absolute atomic E-state index is 10.9. The Morgan fingerprint density at radius 3 is 3.15 bits per heavy atom. The molecule has 2 aliphatic heterocycles. The molecule has 4 heteroatoms. The molecule has 2 saturated heterocycles. The predicted octanol–water partition coefficient (Wildman–Crippen LogP) is -0.499. The van der Waals surface area contributed by atoms with Crippen LogP contribution in [0.5, 0.6) is 0 Å². The van der Waals surface area contributed by atoms with Crippen LogP contribution >= 0.6 is 0 Å². The number of nitrogens with one attached hydrogen (secondary N) is 2. The van der Waals surface area contributed by atoms with Crippen molar-refractivity contribution in [3.63, 3.8) is 0 Å². The second kappa shape index (κ2) is 4.07. The fraction of sp³-hybridized carbons (Fsp3) is 0.889. The standard InChI is InChI=1S/C9H16N2O2/c12-9-3-8(5-11-9)10-4-7-1-2-13-6-7/h7-8,10H,1-6H2,(H,11,12). The van der Waals surface area contributed by atoms with Crippen molar-refractivity contribution in [2.75, 3.05) is 26.3 Å². The molecular weight excluding hydrogens is 168 g/mol. The molecule has 0 aromatic carbocycles. The molecular formula is C9H16N2O2. The van der Waals surface area contributed by atoms with Crippen LogP contribution in [0.25, 0.3) is 0 Å². The van der Waals surface area contributed by atoms with Gasteiger partial charge in [-0.05, 0) is 12.3 Å². The summed E-state index contributed by atoms with van der Waals surface area (Å²) in [4.78, 5) is 10.9. The summed E-state index contributed by atoms with van der Waals surface area (Å²) in [6, 6.07) is 0.341. The fourth-order valence-electron chi connectivity index (χ4n) is 1.83. The average Bonchev–Trinajstić information content (AvgIpc) is 2.71. The second-order valence-corrected chi connectivity index (χ2v) is 3.84. The topological polar surface area (TPSA) is 50.4 Å². The smallest absolute Gasteiger partial charge is 0.221 e. The quantitative estimate of drug-likeness (QED) is 0.622. The summed E-state index contributed by atoms with van der Waals surface area (Å²) in [6.07, 6.45) is 1.79. The Balaban J connectivity index is 1.64. The fourth-order valence-corrected chi connectivity index (χ4v) is 1.83. The van der Waals surface area contributed by atoms with Crippen LogP contribution in [0, 0.1) is 5.92 Å². The van der Waals surface area contributed by atoms with E-state index in [1.54, 1.807) is 0 Å². The largest absolute Gasteiger partial charge is 0.381 e. The van der Waals surface area contributed by atoms with Gasteiger partial charge in [0.2, 0.25) is 5.91 Å². The molecule has 74 valence electrons. The zero-order valence-corrected chi connectivity index (χ0v) is 7.71. The summed E-state index contributed by atoms with van der Waals surface area (Å²) in [6.45, 7) is 3.54. The summed E-state index contributed by atoms with van der Waals surface area (Å²) in [7, 11) is 0. The van der Waals surface area contributed by atoms with Gasteiger partial charge >= 0.3 is 0 Å². The third-order valence-corrected chi connectivity index (χ3v) is 2.70. The van der Waals surface area contributed by atoms with Gasteiger partial charge in [-0.15, -0.1) is 0 Å². The first-order chi connectivity index (χ1) is 6.34. The van der Waals surface area contributed by atoms with Crippen LogP contribution in [0.4, 0.5) is 0 Å². The Bertz CT molecular complexity index is 190. The lowest BCUT2D eigenvalue weighted by Gasteiger charge is -2.13. The molecule has 2 aliphatic rings. The monoisotopic (exact) mass is 184 g/mol. The Hall–Kier alpha value is -0.610. The molecule has 0 bridgehead atoms. The first-order valence-corrected chi connectivity index (χ1v) is 4.92. The van der Waals surface area contributed by atoms with E-state index >= 15 is 0 Å². The van der Waals surface area contributed by atoms with Crippen molar-refractivity contribution < 1.29 is 9.53 Å². The summed E-state index contributed by atoms with van der Waals surface area (Å²) < 4.78 is 5.27. The van der Waals surface area contributed by atoms with Crippen LogP contribution in [-0.4, -0.2) is 38.3 Å². The van der Waals surface area contributed by atoms with Gasteiger partial charge in [-0.1, -0.05) is 0 Å². The third-order valence-electron chi connectivity index (χ3n) is 2.70. The van der Waals surface area contributed by atoms with Gasteiger partial charge in [0.25, 0.3) is 0 Å². The Morgan fingerprint density at radius 2 is 2.54 bits per heavy atom. The number of rotatable bonds is 3. The molecule has 2 heterocycles. The van der Waals surface area contributed by atoms with E-state index in [-0.39, 0.29) is 5.91 Å². The van der Waals surface area contributed by atoms with Crippen molar-refractivity contribution in [2.45, 2.75) is 18.9 Å². The van der Waals surface area contributed by atoms with E-state index in [0.717, 1.165) is 32.7 Å². The van der Waals surface area contributed by atoms with Gasteiger partial charge < -0.3 is 15.4 Å². The molecule has 0 aliphatic carbocycles. The number of hydrogen-bond acceptors (Lipinski definition) is 3. The van der Waals surface area contributed by atoms with Crippen LogP contribution in [0.1, 0.15) is 12.8 Å². The van der Waals surface area contributed by atoms with E-state index in [1.807, 2.05) is 0 Å². The van der Waals surface area contributed by atoms with Gasteiger partial charge in [0.05, 0.1) is 6.61 Å². The van der Waals surface area contributed by atoms with Gasteiger partial charge in [0, 0.05) is 32.2 Å². The second-order valence-electron chi connectivity index (χ2n) is 3.84. The van der Waals surface area contributed by atoms with Crippen LogP contribution in [0.15, 0.2) is 0 Å². The summed E-state index contributed by atoms with van der Waals surface area (Å²) >= 11 is 0. The van der Waals surface area contributed by atoms with Crippen LogP contribution < -0.4 is 10.6 Å². The number of carbonyl (C=O) groups excluding carboxylic acids is 1. The highest BCUT2D eigenvalue weighted by molar-refractivity contribution is 5.78. The minimum Gasteiger partial charge on any atom is -0.381 e. The average molecular weight is 184 g/mol. The molecule has 0 aromatic heterocycles. The van der Waals surface area contributed by atoms with Crippen molar-refractivity contribution in [3.8, 4) is 0 Å². The molecule has 4 nitrogen and oxygen atoms in total.